The van der Waals surface area contributed by atoms with Crippen molar-refractivity contribution in [3.8, 4) is 0 Å². The van der Waals surface area contributed by atoms with Gasteiger partial charge >= 0.3 is 5.97 Å². The third-order valence-corrected chi connectivity index (χ3v) is 1.95. The minimum atomic E-state index is -0.245. The van der Waals surface area contributed by atoms with Crippen LogP contribution in [0.15, 0.2) is 30.3 Å². The molecular weight excluding hydrogens is 204 g/mol. The number of ether oxygens (including phenoxy) is 1. The van der Waals surface area contributed by atoms with Gasteiger partial charge in [0.15, 0.2) is 0 Å². The Bertz CT molecular complexity index is 394. The summed E-state index contributed by atoms with van der Waals surface area (Å²) in [5.74, 6) is -0.245. The molecule has 0 heterocycles. The molecule has 16 heavy (non-hydrogen) atoms. The van der Waals surface area contributed by atoms with E-state index in [0.29, 0.717) is 12.2 Å². The number of rotatable bonds is 5. The Morgan fingerprint density at radius 3 is 2.81 bits per heavy atom. The number of benzene rings is 1. The molecule has 0 spiro atoms. The Morgan fingerprint density at radius 1 is 1.38 bits per heavy atom. The highest BCUT2D eigenvalue weighted by atomic mass is 16.5. The Morgan fingerprint density at radius 2 is 2.12 bits per heavy atom. The standard InChI is InChI=1S/C13H14O3/c1-2-16-13(15)8-4-6-11-5-3-7-12(9-11)10-14/h3-7,9-10H,2,8H2,1H3. The topological polar surface area (TPSA) is 43.4 Å². The van der Waals surface area contributed by atoms with Crippen LogP contribution in [-0.2, 0) is 9.53 Å². The molecule has 0 radical (unpaired) electrons. The van der Waals surface area contributed by atoms with Crippen LogP contribution < -0.4 is 0 Å². The van der Waals surface area contributed by atoms with Crippen molar-refractivity contribution in [3.63, 3.8) is 0 Å². The minimum Gasteiger partial charge on any atom is -0.466 e. The summed E-state index contributed by atoms with van der Waals surface area (Å²) >= 11 is 0. The van der Waals surface area contributed by atoms with Gasteiger partial charge in [0.05, 0.1) is 13.0 Å². The summed E-state index contributed by atoms with van der Waals surface area (Å²) in [5.41, 5.74) is 1.52. The molecule has 3 heteroatoms. The molecule has 0 fully saturated rings. The van der Waals surface area contributed by atoms with Crippen LogP contribution in [0.25, 0.3) is 6.08 Å². The normalized spacial score (nSPS) is 10.3. The zero-order chi connectivity index (χ0) is 11.8. The van der Waals surface area contributed by atoms with Crippen molar-refractivity contribution in [3.05, 3.63) is 41.5 Å². The van der Waals surface area contributed by atoms with E-state index in [-0.39, 0.29) is 12.4 Å². The fourth-order valence-corrected chi connectivity index (χ4v) is 1.25. The second-order valence-electron chi connectivity index (χ2n) is 3.20. The summed E-state index contributed by atoms with van der Waals surface area (Å²) in [7, 11) is 0. The van der Waals surface area contributed by atoms with Crippen LogP contribution in [0, 0.1) is 0 Å². The highest BCUT2D eigenvalue weighted by Gasteiger charge is 1.96. The van der Waals surface area contributed by atoms with Crippen molar-refractivity contribution in [1.29, 1.82) is 0 Å². The quantitative estimate of drug-likeness (QED) is 0.563. The van der Waals surface area contributed by atoms with Gasteiger partial charge in [0.25, 0.3) is 0 Å². The molecule has 0 atom stereocenters. The molecule has 0 saturated heterocycles. The van der Waals surface area contributed by atoms with E-state index >= 15 is 0 Å². The Hall–Kier alpha value is -1.90. The summed E-state index contributed by atoms with van der Waals surface area (Å²) < 4.78 is 4.78. The molecule has 84 valence electrons. The third-order valence-electron chi connectivity index (χ3n) is 1.95. The minimum absolute atomic E-state index is 0.245. The summed E-state index contributed by atoms with van der Waals surface area (Å²) in [5, 5.41) is 0. The highest BCUT2D eigenvalue weighted by Crippen LogP contribution is 2.06. The third kappa shape index (κ3) is 4.09. The maximum atomic E-state index is 11.0. The first-order valence-electron chi connectivity index (χ1n) is 5.13. The van der Waals surface area contributed by atoms with Gasteiger partial charge in [-0.3, -0.25) is 9.59 Å². The Kier molecular flexibility index (Phi) is 4.99. The molecule has 1 aromatic carbocycles. The second-order valence-corrected chi connectivity index (χ2v) is 3.20. The zero-order valence-electron chi connectivity index (χ0n) is 9.18. The zero-order valence-corrected chi connectivity index (χ0v) is 9.18. The lowest BCUT2D eigenvalue weighted by molar-refractivity contribution is -0.142. The van der Waals surface area contributed by atoms with Crippen LogP contribution >= 0.6 is 0 Å². The predicted octanol–water partition coefficient (Wildman–Crippen LogP) is 2.47. The molecule has 1 rings (SSSR count). The van der Waals surface area contributed by atoms with E-state index in [1.165, 1.54) is 0 Å². The molecular formula is C13H14O3. The largest absolute Gasteiger partial charge is 0.466 e. The molecule has 0 aliphatic rings. The van der Waals surface area contributed by atoms with Gasteiger partial charge in [-0.1, -0.05) is 30.4 Å². The van der Waals surface area contributed by atoms with Crippen LogP contribution in [0.4, 0.5) is 0 Å². The van der Waals surface area contributed by atoms with Crippen molar-refractivity contribution in [2.45, 2.75) is 13.3 Å². The first-order valence-corrected chi connectivity index (χ1v) is 5.13. The second kappa shape index (κ2) is 6.56. The summed E-state index contributed by atoms with van der Waals surface area (Å²) in [6.45, 7) is 2.17. The van der Waals surface area contributed by atoms with Crippen molar-refractivity contribution in [2.24, 2.45) is 0 Å². The first-order chi connectivity index (χ1) is 7.76. The van der Waals surface area contributed by atoms with Crippen LogP contribution in [0.1, 0.15) is 29.3 Å². The molecule has 0 aliphatic heterocycles. The van der Waals surface area contributed by atoms with E-state index in [2.05, 4.69) is 0 Å². The predicted molar refractivity (Wildman–Crippen MR) is 62.1 cm³/mol. The first kappa shape index (κ1) is 12.2. The number of carbonyl (C=O) groups is 2. The average Bonchev–Trinajstić information content (AvgIpc) is 2.30. The fraction of sp³-hybridized carbons (Fsp3) is 0.231. The summed E-state index contributed by atoms with van der Waals surface area (Å²) in [4.78, 5) is 21.6. The van der Waals surface area contributed by atoms with Crippen molar-refractivity contribution >= 4 is 18.3 Å². The fourth-order valence-electron chi connectivity index (χ4n) is 1.25. The smallest absolute Gasteiger partial charge is 0.309 e. The van der Waals surface area contributed by atoms with E-state index in [1.807, 2.05) is 6.07 Å². The van der Waals surface area contributed by atoms with Crippen LogP contribution in [0.3, 0.4) is 0 Å². The highest BCUT2D eigenvalue weighted by molar-refractivity contribution is 5.77. The molecule has 0 aromatic heterocycles. The number of hydrogen-bond donors (Lipinski definition) is 0. The van der Waals surface area contributed by atoms with Gasteiger partial charge in [-0.05, 0) is 18.6 Å². The van der Waals surface area contributed by atoms with Gasteiger partial charge < -0.3 is 4.74 Å². The molecule has 0 saturated carbocycles. The van der Waals surface area contributed by atoms with E-state index < -0.39 is 0 Å². The van der Waals surface area contributed by atoms with Crippen molar-refractivity contribution < 1.29 is 14.3 Å². The summed E-state index contributed by atoms with van der Waals surface area (Å²) in [6, 6.07) is 7.16. The molecule has 0 bridgehead atoms. The van der Waals surface area contributed by atoms with Gasteiger partial charge in [-0.25, -0.2) is 0 Å². The molecule has 0 amide bonds. The molecule has 0 N–H and O–H groups in total. The van der Waals surface area contributed by atoms with Crippen LogP contribution in [0.2, 0.25) is 0 Å². The molecule has 1 aromatic rings. The lowest BCUT2D eigenvalue weighted by atomic mass is 10.1. The average molecular weight is 218 g/mol. The lowest BCUT2D eigenvalue weighted by Gasteiger charge is -1.97. The van der Waals surface area contributed by atoms with E-state index in [9.17, 15) is 9.59 Å². The van der Waals surface area contributed by atoms with Gasteiger partial charge in [-0.15, -0.1) is 0 Å². The molecule has 3 nitrogen and oxygen atoms in total. The van der Waals surface area contributed by atoms with E-state index in [1.54, 1.807) is 37.3 Å². The Balaban J connectivity index is 2.55. The number of aldehydes is 1. The Labute approximate surface area is 94.7 Å². The van der Waals surface area contributed by atoms with Gasteiger partial charge in [0.1, 0.15) is 6.29 Å². The van der Waals surface area contributed by atoms with Crippen molar-refractivity contribution in [2.75, 3.05) is 6.61 Å². The molecule has 0 aliphatic carbocycles. The summed E-state index contributed by atoms with van der Waals surface area (Å²) in [6.07, 6.45) is 4.56. The lowest BCUT2D eigenvalue weighted by Crippen LogP contribution is -2.01. The number of carbonyl (C=O) groups excluding carboxylic acids is 2. The van der Waals surface area contributed by atoms with Gasteiger partial charge in [0.2, 0.25) is 0 Å². The van der Waals surface area contributed by atoms with E-state index in [0.717, 1.165) is 11.8 Å². The van der Waals surface area contributed by atoms with Crippen LogP contribution in [0.5, 0.6) is 0 Å². The maximum absolute atomic E-state index is 11.0. The monoisotopic (exact) mass is 218 g/mol. The van der Waals surface area contributed by atoms with Gasteiger partial charge in [0, 0.05) is 5.56 Å². The van der Waals surface area contributed by atoms with Crippen molar-refractivity contribution in [1.82, 2.24) is 0 Å². The van der Waals surface area contributed by atoms with Gasteiger partial charge in [-0.2, -0.15) is 0 Å². The SMILES string of the molecule is CCOC(=O)CC=Cc1cccc(C=O)c1. The number of hydrogen-bond acceptors (Lipinski definition) is 3. The molecule has 0 unspecified atom stereocenters. The van der Waals surface area contributed by atoms with E-state index in [4.69, 9.17) is 4.74 Å². The van der Waals surface area contributed by atoms with Crippen LogP contribution in [-0.4, -0.2) is 18.9 Å². The maximum Gasteiger partial charge on any atom is 0.309 e. The number of esters is 1.